The third-order valence-electron chi connectivity index (χ3n) is 3.53. The van der Waals surface area contributed by atoms with E-state index in [1.54, 1.807) is 13.8 Å². The van der Waals surface area contributed by atoms with Crippen molar-refractivity contribution in [3.63, 3.8) is 0 Å². The summed E-state index contributed by atoms with van der Waals surface area (Å²) in [7, 11) is 0. The van der Waals surface area contributed by atoms with E-state index >= 15 is 0 Å². The van der Waals surface area contributed by atoms with Crippen LogP contribution in [-0.2, 0) is 14.4 Å². The summed E-state index contributed by atoms with van der Waals surface area (Å²) in [4.78, 5) is 35.6. The molecule has 0 aliphatic heterocycles. The van der Waals surface area contributed by atoms with Gasteiger partial charge in [0.05, 0.1) is 6.54 Å². The van der Waals surface area contributed by atoms with Gasteiger partial charge in [0.1, 0.15) is 6.04 Å². The number of ketones is 1. The van der Waals surface area contributed by atoms with Crippen LogP contribution in [0.15, 0.2) is 0 Å². The standard InChI is InChI=1S/C17H32N2O3.2C2H6/c1-11(2)8-7-9-15(21)19-16(13(5)6)17(22)18-10-14(20)12(3)4;2*1-2/h11-13,16H,7-10H2,1-6H3,(H,18,22)(H,19,21);2*1-2H3. The molecule has 0 aromatic heterocycles. The highest BCUT2D eigenvalue weighted by Gasteiger charge is 2.24. The SMILES string of the molecule is CC.CC.CC(C)CCCC(=O)NC(C(=O)NCC(=O)C(C)C)C(C)C. The van der Waals surface area contributed by atoms with Gasteiger partial charge in [-0.3, -0.25) is 14.4 Å². The first kappa shape index (κ1) is 29.4. The summed E-state index contributed by atoms with van der Waals surface area (Å²) in [5.41, 5.74) is 0. The lowest BCUT2D eigenvalue weighted by Crippen LogP contribution is -2.50. The van der Waals surface area contributed by atoms with Crippen LogP contribution in [0, 0.1) is 17.8 Å². The summed E-state index contributed by atoms with van der Waals surface area (Å²) in [6.07, 6.45) is 2.25. The van der Waals surface area contributed by atoms with Crippen LogP contribution in [0.25, 0.3) is 0 Å². The molecule has 0 aliphatic rings. The van der Waals surface area contributed by atoms with Crippen molar-refractivity contribution in [1.29, 1.82) is 0 Å². The Morgan fingerprint density at radius 1 is 0.846 bits per heavy atom. The quantitative estimate of drug-likeness (QED) is 0.599. The summed E-state index contributed by atoms with van der Waals surface area (Å²) in [6.45, 7) is 19.6. The van der Waals surface area contributed by atoms with Gasteiger partial charge < -0.3 is 10.6 Å². The average molecular weight is 373 g/mol. The van der Waals surface area contributed by atoms with E-state index in [9.17, 15) is 14.4 Å². The van der Waals surface area contributed by atoms with E-state index in [-0.39, 0.29) is 36.0 Å². The Balaban J connectivity index is -0.00000123. The molecule has 1 atom stereocenters. The van der Waals surface area contributed by atoms with Crippen LogP contribution in [0.2, 0.25) is 0 Å². The van der Waals surface area contributed by atoms with Gasteiger partial charge in [-0.25, -0.2) is 0 Å². The molecule has 2 amide bonds. The van der Waals surface area contributed by atoms with Gasteiger partial charge in [0.25, 0.3) is 0 Å². The second-order valence-electron chi connectivity index (χ2n) is 6.91. The van der Waals surface area contributed by atoms with Crippen molar-refractivity contribution in [2.75, 3.05) is 6.54 Å². The predicted octanol–water partition coefficient (Wildman–Crippen LogP) is 4.35. The number of nitrogens with one attached hydrogen (secondary N) is 2. The van der Waals surface area contributed by atoms with Gasteiger partial charge in [-0.2, -0.15) is 0 Å². The lowest BCUT2D eigenvalue weighted by Gasteiger charge is -2.22. The van der Waals surface area contributed by atoms with Crippen LogP contribution >= 0.6 is 0 Å². The summed E-state index contributed by atoms with van der Waals surface area (Å²) < 4.78 is 0. The minimum absolute atomic E-state index is 0.0147. The zero-order valence-corrected chi connectivity index (χ0v) is 18.9. The largest absolute Gasteiger partial charge is 0.347 e. The summed E-state index contributed by atoms with van der Waals surface area (Å²) >= 11 is 0. The molecule has 0 bridgehead atoms. The minimum Gasteiger partial charge on any atom is -0.347 e. The Morgan fingerprint density at radius 2 is 1.35 bits per heavy atom. The Bertz CT molecular complexity index is 377. The van der Waals surface area contributed by atoms with Crippen LogP contribution in [0.3, 0.4) is 0 Å². The van der Waals surface area contributed by atoms with E-state index in [2.05, 4.69) is 24.5 Å². The Morgan fingerprint density at radius 3 is 1.73 bits per heavy atom. The number of Topliss-reactive ketones (excluding diaryl/α,β-unsaturated/α-hetero) is 1. The van der Waals surface area contributed by atoms with Gasteiger partial charge in [-0.15, -0.1) is 0 Å². The second-order valence-corrected chi connectivity index (χ2v) is 6.91. The van der Waals surface area contributed by atoms with Crippen molar-refractivity contribution in [1.82, 2.24) is 10.6 Å². The van der Waals surface area contributed by atoms with Crippen molar-refractivity contribution < 1.29 is 14.4 Å². The molecule has 0 rings (SSSR count). The Kier molecular flexibility index (Phi) is 20.8. The van der Waals surface area contributed by atoms with Crippen molar-refractivity contribution in [2.45, 2.75) is 94.5 Å². The van der Waals surface area contributed by atoms with Gasteiger partial charge in [0.2, 0.25) is 11.8 Å². The molecule has 0 saturated heterocycles. The lowest BCUT2D eigenvalue weighted by atomic mass is 10.0. The molecule has 26 heavy (non-hydrogen) atoms. The number of rotatable bonds is 10. The fraction of sp³-hybridized carbons (Fsp3) is 0.857. The number of carbonyl (C=O) groups is 3. The first-order valence-electron chi connectivity index (χ1n) is 10.2. The molecular formula is C21H44N2O3. The fourth-order valence-corrected chi connectivity index (χ4v) is 1.94. The predicted molar refractivity (Wildman–Crippen MR) is 111 cm³/mol. The zero-order chi connectivity index (χ0) is 21.3. The highest BCUT2D eigenvalue weighted by Crippen LogP contribution is 2.07. The monoisotopic (exact) mass is 372 g/mol. The summed E-state index contributed by atoms with van der Waals surface area (Å²) in [5, 5.41) is 5.40. The molecular weight excluding hydrogens is 328 g/mol. The first-order valence-corrected chi connectivity index (χ1v) is 10.2. The molecule has 0 heterocycles. The molecule has 0 radical (unpaired) electrons. The highest BCUT2D eigenvalue weighted by molar-refractivity contribution is 5.91. The van der Waals surface area contributed by atoms with Gasteiger partial charge in [0.15, 0.2) is 5.78 Å². The average Bonchev–Trinajstić information content (AvgIpc) is 2.60. The summed E-state index contributed by atoms with van der Waals surface area (Å²) in [5.74, 6) is 0.0238. The molecule has 2 N–H and O–H groups in total. The van der Waals surface area contributed by atoms with E-state index in [0.717, 1.165) is 12.8 Å². The van der Waals surface area contributed by atoms with Crippen LogP contribution in [-0.4, -0.2) is 30.2 Å². The van der Waals surface area contributed by atoms with Crippen molar-refractivity contribution in [3.05, 3.63) is 0 Å². The van der Waals surface area contributed by atoms with Gasteiger partial charge in [-0.05, 0) is 18.3 Å². The molecule has 0 fully saturated rings. The molecule has 5 heteroatoms. The molecule has 1 unspecified atom stereocenters. The van der Waals surface area contributed by atoms with Crippen LogP contribution in [0.4, 0.5) is 0 Å². The Labute approximate surface area is 162 Å². The van der Waals surface area contributed by atoms with E-state index < -0.39 is 6.04 Å². The smallest absolute Gasteiger partial charge is 0.243 e. The van der Waals surface area contributed by atoms with Gasteiger partial charge in [0, 0.05) is 12.3 Å². The zero-order valence-electron chi connectivity index (χ0n) is 18.9. The van der Waals surface area contributed by atoms with Crippen LogP contribution in [0.1, 0.15) is 88.5 Å². The maximum atomic E-state index is 12.2. The Hall–Kier alpha value is -1.39. The number of hydrogen-bond acceptors (Lipinski definition) is 3. The first-order chi connectivity index (χ1) is 12.1. The van der Waals surface area contributed by atoms with Gasteiger partial charge in [-0.1, -0.05) is 75.7 Å². The van der Waals surface area contributed by atoms with E-state index in [0.29, 0.717) is 12.3 Å². The minimum atomic E-state index is -0.591. The second kappa shape index (κ2) is 18.4. The molecule has 0 spiro atoms. The molecule has 0 aromatic carbocycles. The van der Waals surface area contributed by atoms with Crippen molar-refractivity contribution in [3.8, 4) is 0 Å². The van der Waals surface area contributed by atoms with E-state index in [1.165, 1.54) is 0 Å². The molecule has 156 valence electrons. The maximum absolute atomic E-state index is 12.2. The molecule has 0 saturated carbocycles. The van der Waals surface area contributed by atoms with Crippen LogP contribution < -0.4 is 10.6 Å². The number of carbonyl (C=O) groups excluding carboxylic acids is 3. The number of amides is 2. The van der Waals surface area contributed by atoms with E-state index in [1.807, 2.05) is 41.5 Å². The van der Waals surface area contributed by atoms with Crippen molar-refractivity contribution >= 4 is 17.6 Å². The van der Waals surface area contributed by atoms with E-state index in [4.69, 9.17) is 0 Å². The van der Waals surface area contributed by atoms with Gasteiger partial charge >= 0.3 is 0 Å². The number of hydrogen-bond donors (Lipinski definition) is 2. The normalized spacial score (nSPS) is 11.1. The highest BCUT2D eigenvalue weighted by atomic mass is 16.2. The van der Waals surface area contributed by atoms with Crippen molar-refractivity contribution in [2.24, 2.45) is 17.8 Å². The molecule has 0 aliphatic carbocycles. The third kappa shape index (κ3) is 16.1. The fourth-order valence-electron chi connectivity index (χ4n) is 1.94. The third-order valence-corrected chi connectivity index (χ3v) is 3.53. The molecule has 5 nitrogen and oxygen atoms in total. The lowest BCUT2D eigenvalue weighted by molar-refractivity contribution is -0.131. The van der Waals surface area contributed by atoms with Crippen LogP contribution in [0.5, 0.6) is 0 Å². The topological polar surface area (TPSA) is 75.3 Å². The summed E-state index contributed by atoms with van der Waals surface area (Å²) in [6, 6.07) is -0.591. The molecule has 0 aromatic rings. The maximum Gasteiger partial charge on any atom is 0.243 e.